The van der Waals surface area contributed by atoms with Gasteiger partial charge in [-0.1, -0.05) is 12.1 Å². The average molecular weight is 468 g/mol. The molecule has 4 rings (SSSR count). The zero-order valence-corrected chi connectivity index (χ0v) is 20.0. The normalized spacial score (nSPS) is 14.4. The number of rotatable bonds is 7. The van der Waals surface area contributed by atoms with Crippen LogP contribution in [-0.2, 0) is 16.6 Å². The molecule has 0 aliphatic carbocycles. The molecule has 0 saturated carbocycles. The lowest BCUT2D eigenvalue weighted by molar-refractivity contribution is 0.0950. The Bertz CT molecular complexity index is 1240. The number of methoxy groups -OCH3 is 1. The van der Waals surface area contributed by atoms with Crippen molar-refractivity contribution in [2.75, 3.05) is 20.2 Å². The lowest BCUT2D eigenvalue weighted by Gasteiger charge is -2.15. The molecular formula is C25H29N3O4S. The van der Waals surface area contributed by atoms with Crippen molar-refractivity contribution in [3.05, 3.63) is 77.1 Å². The Balaban J connectivity index is 1.45. The minimum absolute atomic E-state index is 0.170. The van der Waals surface area contributed by atoms with Crippen molar-refractivity contribution in [3.8, 4) is 11.4 Å². The number of ether oxygens (including phenoxy) is 1. The van der Waals surface area contributed by atoms with E-state index in [1.54, 1.807) is 31.4 Å². The Morgan fingerprint density at radius 2 is 1.64 bits per heavy atom. The lowest BCUT2D eigenvalue weighted by Crippen LogP contribution is -2.28. The molecule has 0 unspecified atom stereocenters. The van der Waals surface area contributed by atoms with Crippen molar-refractivity contribution in [2.24, 2.45) is 0 Å². The summed E-state index contributed by atoms with van der Waals surface area (Å²) >= 11 is 0. The number of hydrogen-bond donors (Lipinski definition) is 1. The maximum atomic E-state index is 12.9. The fraction of sp³-hybridized carbons (Fsp3) is 0.320. The Morgan fingerprint density at radius 3 is 2.24 bits per heavy atom. The quantitative estimate of drug-likeness (QED) is 0.573. The number of amides is 1. The van der Waals surface area contributed by atoms with Gasteiger partial charge in [-0.05, 0) is 74.7 Å². The third kappa shape index (κ3) is 4.67. The molecule has 0 spiro atoms. The number of benzene rings is 2. The highest BCUT2D eigenvalue weighted by atomic mass is 32.2. The zero-order valence-electron chi connectivity index (χ0n) is 19.2. The van der Waals surface area contributed by atoms with E-state index >= 15 is 0 Å². The molecule has 3 aromatic rings. The van der Waals surface area contributed by atoms with E-state index in [4.69, 9.17) is 4.74 Å². The number of aryl methyl sites for hydroxylation is 1. The smallest absolute Gasteiger partial charge is 0.253 e. The maximum absolute atomic E-state index is 12.9. The second kappa shape index (κ2) is 9.41. The van der Waals surface area contributed by atoms with Crippen molar-refractivity contribution in [1.29, 1.82) is 0 Å². The number of nitrogens with one attached hydrogen (secondary N) is 1. The molecule has 33 heavy (non-hydrogen) atoms. The van der Waals surface area contributed by atoms with Gasteiger partial charge in [-0.2, -0.15) is 4.31 Å². The van der Waals surface area contributed by atoms with Crippen LogP contribution in [-0.4, -0.2) is 43.4 Å². The number of carbonyl (C=O) groups excluding carboxylic acids is 1. The monoisotopic (exact) mass is 467 g/mol. The van der Waals surface area contributed by atoms with Crippen molar-refractivity contribution < 1.29 is 17.9 Å². The Kier molecular flexibility index (Phi) is 6.58. The summed E-state index contributed by atoms with van der Waals surface area (Å²) < 4.78 is 34.1. The van der Waals surface area contributed by atoms with Gasteiger partial charge in [-0.25, -0.2) is 8.42 Å². The Morgan fingerprint density at radius 1 is 1.00 bits per heavy atom. The highest BCUT2D eigenvalue weighted by molar-refractivity contribution is 7.89. The predicted molar refractivity (Wildman–Crippen MR) is 127 cm³/mol. The van der Waals surface area contributed by atoms with Gasteiger partial charge in [0.1, 0.15) is 5.75 Å². The van der Waals surface area contributed by atoms with Gasteiger partial charge in [-0.15, -0.1) is 0 Å². The molecule has 1 N–H and O–H groups in total. The van der Waals surface area contributed by atoms with Crippen molar-refractivity contribution in [2.45, 2.75) is 38.1 Å². The van der Waals surface area contributed by atoms with E-state index in [0.29, 0.717) is 30.1 Å². The fourth-order valence-electron chi connectivity index (χ4n) is 4.26. The highest BCUT2D eigenvalue weighted by Gasteiger charge is 2.27. The second-order valence-electron chi connectivity index (χ2n) is 8.26. The van der Waals surface area contributed by atoms with E-state index in [1.165, 1.54) is 4.31 Å². The van der Waals surface area contributed by atoms with Crippen LogP contribution in [0.25, 0.3) is 5.69 Å². The van der Waals surface area contributed by atoms with E-state index in [9.17, 15) is 13.2 Å². The van der Waals surface area contributed by atoms with Crippen molar-refractivity contribution in [1.82, 2.24) is 14.2 Å². The number of sulfonamides is 1. The molecule has 8 heteroatoms. The van der Waals surface area contributed by atoms with Gasteiger partial charge in [0.15, 0.2) is 0 Å². The SMILES string of the molecule is COc1ccc(-n2c(C)cc(C(=O)NCc3ccc(S(=O)(=O)N4CCCC4)cc3)c2C)cc1. The molecule has 0 atom stereocenters. The largest absolute Gasteiger partial charge is 0.497 e. The topological polar surface area (TPSA) is 80.6 Å². The number of nitrogens with zero attached hydrogens (tertiary/aromatic N) is 2. The van der Waals surface area contributed by atoms with Crippen LogP contribution in [0.3, 0.4) is 0 Å². The molecule has 1 aliphatic rings. The molecule has 1 aliphatic heterocycles. The summed E-state index contributed by atoms with van der Waals surface area (Å²) in [4.78, 5) is 13.2. The first-order chi connectivity index (χ1) is 15.8. The van der Waals surface area contributed by atoms with Gasteiger partial charge in [-0.3, -0.25) is 4.79 Å². The summed E-state index contributed by atoms with van der Waals surface area (Å²) in [6.07, 6.45) is 1.81. The first kappa shape index (κ1) is 23.1. The molecule has 7 nitrogen and oxygen atoms in total. The highest BCUT2D eigenvalue weighted by Crippen LogP contribution is 2.24. The van der Waals surface area contributed by atoms with Gasteiger partial charge in [0, 0.05) is 36.7 Å². The summed E-state index contributed by atoms with van der Waals surface area (Å²) in [5.41, 5.74) is 4.21. The molecule has 174 valence electrons. The summed E-state index contributed by atoms with van der Waals surface area (Å²) in [6, 6.07) is 16.3. The average Bonchev–Trinajstić information content (AvgIpc) is 3.47. The fourth-order valence-corrected chi connectivity index (χ4v) is 5.77. The molecular weight excluding hydrogens is 438 g/mol. The zero-order chi connectivity index (χ0) is 23.6. The maximum Gasteiger partial charge on any atom is 0.253 e. The van der Waals surface area contributed by atoms with Gasteiger partial charge in [0.2, 0.25) is 10.0 Å². The third-order valence-corrected chi connectivity index (χ3v) is 8.00. The molecule has 1 fully saturated rings. The van der Waals surface area contributed by atoms with Crippen LogP contribution in [0.2, 0.25) is 0 Å². The second-order valence-corrected chi connectivity index (χ2v) is 10.2. The van der Waals surface area contributed by atoms with Crippen LogP contribution < -0.4 is 10.1 Å². The summed E-state index contributed by atoms with van der Waals surface area (Å²) in [6.45, 7) is 5.36. The Hall–Kier alpha value is -3.10. The van der Waals surface area contributed by atoms with E-state index < -0.39 is 10.0 Å². The lowest BCUT2D eigenvalue weighted by atomic mass is 10.2. The van der Waals surface area contributed by atoms with Crippen molar-refractivity contribution in [3.63, 3.8) is 0 Å². The summed E-state index contributed by atoms with van der Waals surface area (Å²) in [5.74, 6) is 0.607. The van der Waals surface area contributed by atoms with Crippen LogP contribution in [0.1, 0.15) is 40.2 Å². The van der Waals surface area contributed by atoms with E-state index in [-0.39, 0.29) is 5.91 Å². The molecule has 2 aromatic carbocycles. The minimum Gasteiger partial charge on any atom is -0.497 e. The third-order valence-electron chi connectivity index (χ3n) is 6.09. The van der Waals surface area contributed by atoms with Crippen LogP contribution >= 0.6 is 0 Å². The minimum atomic E-state index is -3.43. The molecule has 0 bridgehead atoms. The van der Waals surface area contributed by atoms with E-state index in [1.807, 2.05) is 48.7 Å². The molecule has 1 saturated heterocycles. The van der Waals surface area contributed by atoms with Gasteiger partial charge in [0.05, 0.1) is 17.6 Å². The van der Waals surface area contributed by atoms with Crippen LogP contribution in [0.5, 0.6) is 5.75 Å². The molecule has 1 amide bonds. The molecule has 2 heterocycles. The first-order valence-electron chi connectivity index (χ1n) is 11.0. The number of carbonyl (C=O) groups is 1. The van der Waals surface area contributed by atoms with E-state index in [0.717, 1.165) is 41.2 Å². The predicted octanol–water partition coefficient (Wildman–Crippen LogP) is 3.82. The standard InChI is InChI=1S/C25H29N3O4S/c1-18-16-24(19(2)28(18)21-8-10-22(32-3)11-9-21)25(29)26-17-20-6-12-23(13-7-20)33(30,31)27-14-4-5-15-27/h6-13,16H,4-5,14-15,17H2,1-3H3,(H,26,29). The van der Waals surface area contributed by atoms with Crippen LogP contribution in [0.15, 0.2) is 59.5 Å². The van der Waals surface area contributed by atoms with Crippen molar-refractivity contribution >= 4 is 15.9 Å². The van der Waals surface area contributed by atoms with E-state index in [2.05, 4.69) is 5.32 Å². The molecule has 0 radical (unpaired) electrons. The Labute approximate surface area is 195 Å². The summed E-state index contributed by atoms with van der Waals surface area (Å²) in [5, 5.41) is 2.95. The van der Waals surface area contributed by atoms with Gasteiger partial charge in [0.25, 0.3) is 5.91 Å². The molecule has 1 aromatic heterocycles. The van der Waals surface area contributed by atoms with Gasteiger partial charge >= 0.3 is 0 Å². The summed E-state index contributed by atoms with van der Waals surface area (Å²) in [7, 11) is -1.80. The van der Waals surface area contributed by atoms with Crippen LogP contribution in [0.4, 0.5) is 0 Å². The number of hydrogen-bond acceptors (Lipinski definition) is 4. The van der Waals surface area contributed by atoms with Gasteiger partial charge < -0.3 is 14.6 Å². The first-order valence-corrected chi connectivity index (χ1v) is 12.5. The number of aromatic nitrogens is 1. The van der Waals surface area contributed by atoms with Crippen LogP contribution in [0, 0.1) is 13.8 Å².